The Kier molecular flexibility index (Phi) is 6.21. The molecule has 2 aromatic rings. The molecule has 0 bridgehead atoms. The molecule has 1 atom stereocenters. The fourth-order valence-corrected chi connectivity index (χ4v) is 3.97. The number of pyridine rings is 1. The summed E-state index contributed by atoms with van der Waals surface area (Å²) in [5.74, 6) is -2.92. The molecule has 1 aliphatic heterocycles. The second-order valence-electron chi connectivity index (χ2n) is 8.80. The Morgan fingerprint density at radius 3 is 2.55 bits per heavy atom. The number of aromatic nitrogens is 3. The maximum absolute atomic E-state index is 13.4. The number of nitrogens with zero attached hydrogens (tertiary/aromatic N) is 4. The number of nitrogens with two attached hydrogens (primary N) is 1. The minimum Gasteiger partial charge on any atom is -0.385 e. The predicted molar refractivity (Wildman–Crippen MR) is 113 cm³/mol. The van der Waals surface area contributed by atoms with Crippen molar-refractivity contribution in [1.29, 1.82) is 0 Å². The van der Waals surface area contributed by atoms with E-state index in [-0.39, 0.29) is 43.1 Å². The first-order valence-electron chi connectivity index (χ1n) is 10.8. The zero-order chi connectivity index (χ0) is 24.0. The Morgan fingerprint density at radius 2 is 1.94 bits per heavy atom. The molecule has 2 aliphatic rings. The van der Waals surface area contributed by atoms with E-state index in [1.807, 2.05) is 4.90 Å². The maximum atomic E-state index is 13.4. The molecule has 3 heterocycles. The molecule has 33 heavy (non-hydrogen) atoms. The van der Waals surface area contributed by atoms with E-state index in [1.54, 1.807) is 4.57 Å². The quantitative estimate of drug-likeness (QED) is 0.578. The summed E-state index contributed by atoms with van der Waals surface area (Å²) >= 11 is 0. The van der Waals surface area contributed by atoms with Crippen molar-refractivity contribution in [2.24, 2.45) is 5.92 Å². The average Bonchev–Trinajstić information content (AvgIpc) is 3.50. The minimum absolute atomic E-state index is 0.0337. The van der Waals surface area contributed by atoms with Crippen LogP contribution in [0.1, 0.15) is 49.6 Å². The lowest BCUT2D eigenvalue weighted by Gasteiger charge is -2.31. The Bertz CT molecular complexity index is 1020. The van der Waals surface area contributed by atoms with E-state index in [9.17, 15) is 27.1 Å². The zero-order valence-corrected chi connectivity index (χ0v) is 18.0. The first kappa shape index (κ1) is 23.6. The molecule has 0 aromatic carbocycles. The zero-order valence-electron chi connectivity index (χ0n) is 18.0. The fraction of sp³-hybridized carbons (Fsp3) is 0.545. The second-order valence-corrected chi connectivity index (χ2v) is 8.80. The van der Waals surface area contributed by atoms with Crippen molar-refractivity contribution in [2.45, 2.75) is 50.3 Å². The molecular formula is C22H26F5N5O. The van der Waals surface area contributed by atoms with Crippen LogP contribution < -0.4 is 5.73 Å². The molecule has 11 heteroatoms. The van der Waals surface area contributed by atoms with Gasteiger partial charge in [-0.2, -0.15) is 13.2 Å². The Balaban J connectivity index is 1.57. The molecule has 3 N–H and O–H groups in total. The molecular weight excluding hydrogens is 445 g/mol. The molecule has 0 radical (unpaired) electrons. The highest BCUT2D eigenvalue weighted by molar-refractivity contribution is 5.63. The molecule has 2 aromatic heterocycles. The van der Waals surface area contributed by atoms with Gasteiger partial charge in [-0.1, -0.05) is 6.58 Å². The number of alkyl halides is 5. The van der Waals surface area contributed by atoms with Gasteiger partial charge in [0.25, 0.3) is 5.92 Å². The number of halogens is 5. The highest BCUT2D eigenvalue weighted by atomic mass is 19.4. The normalized spacial score (nSPS) is 20.1. The van der Waals surface area contributed by atoms with E-state index < -0.39 is 29.6 Å². The summed E-state index contributed by atoms with van der Waals surface area (Å²) in [6, 6.07) is 0.888. The number of hydrogen-bond acceptors (Lipinski definition) is 5. The van der Waals surface area contributed by atoms with E-state index >= 15 is 0 Å². The second kappa shape index (κ2) is 8.68. The summed E-state index contributed by atoms with van der Waals surface area (Å²) in [6.45, 7) is 5.13. The molecule has 6 nitrogen and oxygen atoms in total. The number of aliphatic hydroxyl groups is 1. The summed E-state index contributed by atoms with van der Waals surface area (Å²) in [5, 5.41) is 10.7. The van der Waals surface area contributed by atoms with Crippen LogP contribution in [0.15, 0.2) is 25.0 Å². The van der Waals surface area contributed by atoms with Crippen molar-refractivity contribution in [3.05, 3.63) is 36.4 Å². The highest BCUT2D eigenvalue weighted by Gasteiger charge is 2.37. The molecule has 0 spiro atoms. The van der Waals surface area contributed by atoms with E-state index in [0.717, 1.165) is 18.9 Å². The molecule has 0 amide bonds. The van der Waals surface area contributed by atoms with Gasteiger partial charge >= 0.3 is 6.18 Å². The smallest absolute Gasteiger partial charge is 0.385 e. The van der Waals surface area contributed by atoms with E-state index in [1.165, 1.54) is 12.4 Å². The third-order valence-electron chi connectivity index (χ3n) is 6.23. The van der Waals surface area contributed by atoms with Gasteiger partial charge in [0.05, 0.1) is 11.3 Å². The number of anilines is 1. The lowest BCUT2D eigenvalue weighted by atomic mass is 10.1. The van der Waals surface area contributed by atoms with Gasteiger partial charge in [-0.3, -0.25) is 0 Å². The van der Waals surface area contributed by atoms with E-state index in [0.29, 0.717) is 24.5 Å². The first-order valence-corrected chi connectivity index (χ1v) is 10.8. The van der Waals surface area contributed by atoms with Gasteiger partial charge < -0.3 is 20.3 Å². The van der Waals surface area contributed by atoms with Crippen LogP contribution in [0, 0.1) is 5.92 Å². The number of nitrogen functional groups attached to an aromatic ring is 1. The molecule has 1 saturated heterocycles. The van der Waals surface area contributed by atoms with Gasteiger partial charge in [0, 0.05) is 62.6 Å². The van der Waals surface area contributed by atoms with Crippen LogP contribution in [-0.4, -0.2) is 50.1 Å². The van der Waals surface area contributed by atoms with Crippen molar-refractivity contribution in [3.63, 3.8) is 0 Å². The van der Waals surface area contributed by atoms with Crippen molar-refractivity contribution in [2.75, 3.05) is 25.4 Å². The molecule has 180 valence electrons. The van der Waals surface area contributed by atoms with Crippen LogP contribution in [0.3, 0.4) is 0 Å². The summed E-state index contributed by atoms with van der Waals surface area (Å²) in [5.41, 5.74) is 5.24. The van der Waals surface area contributed by atoms with Gasteiger partial charge in [-0.25, -0.2) is 18.7 Å². The minimum atomic E-state index is -4.67. The van der Waals surface area contributed by atoms with Crippen molar-refractivity contribution in [3.8, 4) is 11.3 Å². The number of imidazole rings is 1. The standard InChI is InChI=1S/C22H26F5N5O/c1-13(4-7-31-8-5-21(23,24)6-9-31)32-12-17(30-20(32)18(33)14-2-3-14)15-10-16(22(25,26)27)19(28)29-11-15/h10-12,14,18,33H,1-9H2,(H2,28,29). The van der Waals surface area contributed by atoms with E-state index in [4.69, 9.17) is 5.73 Å². The molecule has 2 fully saturated rings. The lowest BCUT2D eigenvalue weighted by Crippen LogP contribution is -2.39. The molecule has 4 rings (SSSR count). The third-order valence-corrected chi connectivity index (χ3v) is 6.23. The van der Waals surface area contributed by atoms with Crippen LogP contribution in [0.4, 0.5) is 27.8 Å². The van der Waals surface area contributed by atoms with Crippen molar-refractivity contribution in [1.82, 2.24) is 19.4 Å². The van der Waals surface area contributed by atoms with Crippen LogP contribution in [0.25, 0.3) is 17.0 Å². The summed E-state index contributed by atoms with van der Waals surface area (Å²) in [7, 11) is 0. The van der Waals surface area contributed by atoms with Gasteiger partial charge in [0.1, 0.15) is 17.7 Å². The van der Waals surface area contributed by atoms with Crippen LogP contribution >= 0.6 is 0 Å². The van der Waals surface area contributed by atoms with Gasteiger partial charge in [0.2, 0.25) is 0 Å². The van der Waals surface area contributed by atoms with Gasteiger partial charge in [-0.05, 0) is 24.8 Å². The summed E-state index contributed by atoms with van der Waals surface area (Å²) in [6.07, 6.45) is -1.09. The summed E-state index contributed by atoms with van der Waals surface area (Å²) < 4.78 is 68.2. The lowest BCUT2D eigenvalue weighted by molar-refractivity contribution is -0.137. The SMILES string of the molecule is C=C(CCN1CCC(F)(F)CC1)n1cc(-c2cnc(N)c(C(F)(F)F)c2)nc1C(O)C1CC1. The number of likely N-dealkylation sites (tertiary alicyclic amines) is 1. The number of piperidine rings is 1. The fourth-order valence-electron chi connectivity index (χ4n) is 3.97. The molecule has 1 unspecified atom stereocenters. The first-order chi connectivity index (χ1) is 15.4. The van der Waals surface area contributed by atoms with Gasteiger partial charge in [-0.15, -0.1) is 0 Å². The van der Waals surface area contributed by atoms with Crippen molar-refractivity contribution >= 4 is 11.5 Å². The molecule has 1 aliphatic carbocycles. The van der Waals surface area contributed by atoms with Crippen LogP contribution in [0.2, 0.25) is 0 Å². The largest absolute Gasteiger partial charge is 0.419 e. The summed E-state index contributed by atoms with van der Waals surface area (Å²) in [4.78, 5) is 10.0. The predicted octanol–water partition coefficient (Wildman–Crippen LogP) is 4.58. The van der Waals surface area contributed by atoms with Gasteiger partial charge in [0.15, 0.2) is 0 Å². The van der Waals surface area contributed by atoms with Crippen LogP contribution in [0.5, 0.6) is 0 Å². The topological polar surface area (TPSA) is 80.2 Å². The maximum Gasteiger partial charge on any atom is 0.419 e. The van der Waals surface area contributed by atoms with E-state index in [2.05, 4.69) is 16.5 Å². The Hall–Kier alpha value is -2.53. The number of rotatable bonds is 7. The Labute approximate surface area is 187 Å². The van der Waals surface area contributed by atoms with Crippen LogP contribution in [-0.2, 0) is 6.18 Å². The Morgan fingerprint density at radius 1 is 1.27 bits per heavy atom. The number of aliphatic hydroxyl groups excluding tert-OH is 1. The molecule has 1 saturated carbocycles. The number of hydrogen-bond donors (Lipinski definition) is 2. The average molecular weight is 471 g/mol. The highest BCUT2D eigenvalue weighted by Crippen LogP contribution is 2.42. The van der Waals surface area contributed by atoms with Crippen molar-refractivity contribution < 1.29 is 27.1 Å². The third kappa shape index (κ3) is 5.35. The monoisotopic (exact) mass is 471 g/mol.